The van der Waals surface area contributed by atoms with Crippen LogP contribution in [0.25, 0.3) is 0 Å². The zero-order chi connectivity index (χ0) is 56.9. The Morgan fingerprint density at radius 3 is 1.17 bits per heavy atom. The largest absolute Gasteiger partial charge is 0.463 e. The van der Waals surface area contributed by atoms with Gasteiger partial charge in [0.25, 0.3) is 0 Å². The second-order valence-electron chi connectivity index (χ2n) is 22.0. The average Bonchev–Trinajstić information content (AvgIpc) is 3.64. The Kier molecular flexibility index (Phi) is 16.3. The lowest BCUT2D eigenvalue weighted by Gasteiger charge is -2.28. The van der Waals surface area contributed by atoms with Crippen LogP contribution in [0, 0.1) is 76.2 Å². The molecule has 12 nitrogen and oxygen atoms in total. The highest BCUT2D eigenvalue weighted by molar-refractivity contribution is 7.43. The molecule has 0 fully saturated rings. The zero-order valence-corrected chi connectivity index (χ0v) is 51.7. The van der Waals surface area contributed by atoms with Gasteiger partial charge in [0.2, 0.25) is 0 Å². The van der Waals surface area contributed by atoms with E-state index in [4.69, 9.17) is 54.3 Å². The molecular formula is C66H66O12P4. The predicted molar refractivity (Wildman–Crippen MR) is 324 cm³/mol. The molecule has 4 unspecified atom stereocenters. The van der Waals surface area contributed by atoms with Crippen molar-refractivity contribution in [2.24, 2.45) is 0 Å². The second kappa shape index (κ2) is 23.8. The molecule has 0 amide bonds. The Labute approximate surface area is 486 Å². The van der Waals surface area contributed by atoms with Gasteiger partial charge >= 0.3 is 34.4 Å². The molecule has 4 aliphatic heterocycles. The fourth-order valence-electron chi connectivity index (χ4n) is 11.5. The summed E-state index contributed by atoms with van der Waals surface area (Å²) < 4.78 is 77.3. The molecule has 82 heavy (non-hydrogen) atoms. The zero-order valence-electron chi connectivity index (χ0n) is 48.1. The molecule has 0 aromatic heterocycles. The van der Waals surface area contributed by atoms with E-state index in [1.54, 1.807) is 0 Å². The average molecular weight is 1180 g/mol. The van der Waals surface area contributed by atoms with E-state index in [-0.39, 0.29) is 0 Å². The number of rotatable bonds is 14. The van der Waals surface area contributed by atoms with E-state index < -0.39 is 34.4 Å². The van der Waals surface area contributed by atoms with Crippen molar-refractivity contribution in [2.45, 2.75) is 122 Å². The van der Waals surface area contributed by atoms with E-state index >= 15 is 0 Å². The molecular weight excluding hydrogens is 1110 g/mol. The third-order valence-corrected chi connectivity index (χ3v) is 18.8. The summed E-state index contributed by atoms with van der Waals surface area (Å²) in [6.45, 7) is 24.5. The van der Waals surface area contributed by atoms with Crippen LogP contribution in [-0.4, -0.2) is 0 Å². The Balaban J connectivity index is 0.701. The third-order valence-electron chi connectivity index (χ3n) is 14.8. The molecule has 0 spiro atoms. The minimum absolute atomic E-state index is 0.354. The van der Waals surface area contributed by atoms with Crippen LogP contribution in [0.1, 0.15) is 117 Å². The molecule has 4 heterocycles. The highest BCUT2D eigenvalue weighted by atomic mass is 31.2. The summed E-state index contributed by atoms with van der Waals surface area (Å²) in [4.78, 5) is 0. The Hall–Kier alpha value is -6.28. The number of fused-ring (bicyclic) bond motifs is 4. The quantitative estimate of drug-likeness (QED) is 0.0967. The summed E-state index contributed by atoms with van der Waals surface area (Å²) in [6.07, 6.45) is 1.81. The van der Waals surface area contributed by atoms with Gasteiger partial charge < -0.3 is 36.2 Å². The van der Waals surface area contributed by atoms with Crippen LogP contribution in [0.5, 0.6) is 46.0 Å². The van der Waals surface area contributed by atoms with Crippen LogP contribution >= 0.6 is 34.4 Å². The maximum absolute atomic E-state index is 6.76. The van der Waals surface area contributed by atoms with Gasteiger partial charge in [-0.15, -0.1) is 0 Å². The van der Waals surface area contributed by atoms with E-state index in [1.165, 1.54) is 5.56 Å². The number of benzene rings is 8. The number of hydrogen-bond acceptors (Lipinski definition) is 12. The van der Waals surface area contributed by atoms with E-state index in [9.17, 15) is 0 Å². The molecule has 0 radical (unpaired) electrons. The van der Waals surface area contributed by atoms with Gasteiger partial charge in [0, 0.05) is 35.1 Å². The third kappa shape index (κ3) is 12.3. The maximum atomic E-state index is 6.76. The Morgan fingerprint density at radius 1 is 0.317 bits per heavy atom. The molecule has 8 aromatic rings. The van der Waals surface area contributed by atoms with Gasteiger partial charge in [-0.25, -0.2) is 0 Å². The Morgan fingerprint density at radius 2 is 0.683 bits per heavy atom. The minimum Gasteiger partial charge on any atom is -0.417 e. The van der Waals surface area contributed by atoms with E-state index in [2.05, 4.69) is 161 Å². The van der Waals surface area contributed by atoms with Gasteiger partial charge in [0.15, 0.2) is 0 Å². The van der Waals surface area contributed by atoms with Gasteiger partial charge in [-0.05, 0) is 174 Å². The molecule has 0 saturated carbocycles. The number of para-hydroxylation sites is 1. The van der Waals surface area contributed by atoms with E-state index in [0.717, 1.165) is 157 Å². The van der Waals surface area contributed by atoms with Gasteiger partial charge in [-0.1, -0.05) is 119 Å². The van der Waals surface area contributed by atoms with Gasteiger partial charge in [-0.2, -0.15) is 0 Å². The molecule has 4 aliphatic rings. The Bertz CT molecular complexity index is 3790. The molecule has 12 rings (SSSR count). The highest BCUT2D eigenvalue weighted by Gasteiger charge is 2.33. The van der Waals surface area contributed by atoms with Crippen LogP contribution in [0.4, 0.5) is 0 Å². The predicted octanol–water partition coefficient (Wildman–Crippen LogP) is 18.7. The molecule has 4 atom stereocenters. The van der Waals surface area contributed by atoms with Gasteiger partial charge in [-0.3, -0.25) is 18.1 Å². The van der Waals surface area contributed by atoms with Crippen molar-refractivity contribution in [3.8, 4) is 46.0 Å². The molecule has 8 aromatic carbocycles. The molecule has 0 N–H and O–H groups in total. The SMILES string of the molecule is Cc1cc(C)c(OP2OCc3ccccc3O2)c(Cc2cc(C)cc(C)c2OP2OCc3cc(Cc4cc(C)c5c(c4)COP(Oc4c(C)cc(C)cc4Cc4cc(C)cc(C)c4OP4OCc6cc(C)cc(C)c6O4)O5)ccc3O2)c1. The van der Waals surface area contributed by atoms with Crippen LogP contribution < -0.4 is 36.2 Å². The lowest BCUT2D eigenvalue weighted by Crippen LogP contribution is -2.12. The summed E-state index contributed by atoms with van der Waals surface area (Å²) in [5.41, 5.74) is 22.1. The van der Waals surface area contributed by atoms with Crippen LogP contribution in [0.15, 0.2) is 115 Å². The number of hydrogen-bond donors (Lipinski definition) is 0. The van der Waals surface area contributed by atoms with Crippen LogP contribution in [-0.2, 0) is 63.8 Å². The summed E-state index contributed by atoms with van der Waals surface area (Å²) in [5.74, 6) is 6.17. The first-order valence-corrected chi connectivity index (χ1v) is 31.9. The van der Waals surface area contributed by atoms with Gasteiger partial charge in [0.1, 0.15) is 46.0 Å². The molecule has 16 heteroatoms. The lowest BCUT2D eigenvalue weighted by molar-refractivity contribution is 0.231. The first-order valence-electron chi connectivity index (χ1n) is 27.5. The van der Waals surface area contributed by atoms with Crippen molar-refractivity contribution in [1.29, 1.82) is 0 Å². The van der Waals surface area contributed by atoms with Crippen molar-refractivity contribution in [3.05, 3.63) is 232 Å². The molecule has 0 saturated heterocycles. The fourth-order valence-corrected chi connectivity index (χ4v) is 16.1. The number of aryl methyl sites for hydroxylation is 11. The summed E-state index contributed by atoms with van der Waals surface area (Å²) >= 11 is 0. The summed E-state index contributed by atoms with van der Waals surface area (Å²) in [6, 6.07) is 40.0. The standard InChI is InChI=1S/C66H66O12P4/c1-38-18-43(6)61(73-79-67-34-51-14-12-13-15-59(51)71-79)52(23-38)32-53-24-39(2)19-44(7)62(53)74-80-68-35-56-30-49(16-17-60(56)72-80)29-50-28-48(11)66-58(31-50)37-70-82(78-66)76-64-46(9)21-41(4)26-55(64)33-54-25-40(3)20-45(8)63(54)75-81-69-36-57-27-42(5)22-47(10)65(57)77-81/h12-28,30-31H,29,32-37H2,1-11H3. The first-order chi connectivity index (χ1) is 39.5. The van der Waals surface area contributed by atoms with Gasteiger partial charge in [0.05, 0.1) is 26.4 Å². The fraction of sp³-hybridized carbons (Fsp3) is 0.273. The maximum Gasteiger partial charge on any atom is 0.463 e. The lowest BCUT2D eigenvalue weighted by atomic mass is 9.96. The molecule has 0 aliphatic carbocycles. The van der Waals surface area contributed by atoms with Crippen molar-refractivity contribution < 1.29 is 54.3 Å². The van der Waals surface area contributed by atoms with Crippen LogP contribution in [0.3, 0.4) is 0 Å². The van der Waals surface area contributed by atoms with Crippen molar-refractivity contribution in [3.63, 3.8) is 0 Å². The van der Waals surface area contributed by atoms with E-state index in [0.29, 0.717) is 45.7 Å². The summed E-state index contributed by atoms with van der Waals surface area (Å²) in [7, 11) is -6.83. The summed E-state index contributed by atoms with van der Waals surface area (Å²) in [5, 5.41) is 0. The van der Waals surface area contributed by atoms with E-state index in [1.807, 2.05) is 30.3 Å². The normalized spacial score (nSPS) is 17.8. The molecule has 0 bridgehead atoms. The van der Waals surface area contributed by atoms with Crippen molar-refractivity contribution in [2.75, 3.05) is 0 Å². The molecule has 422 valence electrons. The smallest absolute Gasteiger partial charge is 0.417 e. The first kappa shape index (κ1) is 56.2. The topological polar surface area (TPSA) is 111 Å². The second-order valence-corrected chi connectivity index (χ2v) is 26.3. The highest BCUT2D eigenvalue weighted by Crippen LogP contribution is 2.55. The van der Waals surface area contributed by atoms with Crippen molar-refractivity contribution >= 4 is 34.4 Å². The minimum atomic E-state index is -1.76. The monoisotopic (exact) mass is 1170 g/mol. The van der Waals surface area contributed by atoms with Crippen LogP contribution in [0.2, 0.25) is 0 Å². The van der Waals surface area contributed by atoms with Crippen molar-refractivity contribution in [1.82, 2.24) is 0 Å².